The summed E-state index contributed by atoms with van der Waals surface area (Å²) in [5.74, 6) is 0.720. The molecule has 1 N–H and O–H groups in total. The van der Waals surface area contributed by atoms with Crippen molar-refractivity contribution in [3.63, 3.8) is 0 Å². The first-order valence-corrected chi connectivity index (χ1v) is 7.10. The Hall–Kier alpha value is -1.14. The minimum absolute atomic E-state index is 0.0196. The highest BCUT2D eigenvalue weighted by atomic mass is 79.9. The van der Waals surface area contributed by atoms with Crippen molar-refractivity contribution in [2.24, 2.45) is 0 Å². The number of nitrogens with zero attached hydrogens (tertiary/aromatic N) is 3. The molecular formula is C13H19BrN4O. The second-order valence-electron chi connectivity index (χ2n) is 4.98. The number of nitrogens with one attached hydrogen (secondary N) is 1. The number of rotatable bonds is 3. The van der Waals surface area contributed by atoms with Crippen LogP contribution in [-0.2, 0) is 0 Å². The van der Waals surface area contributed by atoms with E-state index in [9.17, 15) is 4.79 Å². The first-order chi connectivity index (χ1) is 9.00. The van der Waals surface area contributed by atoms with Gasteiger partial charge in [0.25, 0.3) is 5.91 Å². The highest BCUT2D eigenvalue weighted by Crippen LogP contribution is 2.22. The minimum atomic E-state index is 0.0196. The monoisotopic (exact) mass is 326 g/mol. The van der Waals surface area contributed by atoms with Gasteiger partial charge in [0.05, 0.1) is 5.56 Å². The van der Waals surface area contributed by atoms with E-state index in [1.807, 2.05) is 37.0 Å². The van der Waals surface area contributed by atoms with E-state index in [1.165, 1.54) is 0 Å². The molecule has 6 heteroatoms. The fourth-order valence-electron chi connectivity index (χ4n) is 2.27. The molecule has 1 aliphatic rings. The molecule has 104 valence electrons. The van der Waals surface area contributed by atoms with Crippen LogP contribution in [0.1, 0.15) is 16.8 Å². The summed E-state index contributed by atoms with van der Waals surface area (Å²) in [5.41, 5.74) is 0.633. The smallest absolute Gasteiger partial charge is 0.257 e. The van der Waals surface area contributed by atoms with Crippen LogP contribution in [0.3, 0.4) is 0 Å². The summed E-state index contributed by atoms with van der Waals surface area (Å²) < 4.78 is 0.819. The lowest BCUT2D eigenvalue weighted by molar-refractivity contribution is 0.0744. The van der Waals surface area contributed by atoms with Crippen molar-refractivity contribution in [3.8, 4) is 0 Å². The fourth-order valence-corrected chi connectivity index (χ4v) is 2.60. The molecule has 0 aliphatic carbocycles. The van der Waals surface area contributed by atoms with Gasteiger partial charge in [-0.2, -0.15) is 0 Å². The molecule has 1 fully saturated rings. The average molecular weight is 327 g/mol. The second kappa shape index (κ2) is 5.88. The first kappa shape index (κ1) is 14.3. The van der Waals surface area contributed by atoms with Crippen LogP contribution in [0.25, 0.3) is 0 Å². The predicted octanol–water partition coefficient (Wildman–Crippen LogP) is 1.34. The molecule has 1 amide bonds. The molecular weight excluding hydrogens is 308 g/mol. The molecule has 0 bridgehead atoms. The maximum atomic E-state index is 12.6. The van der Waals surface area contributed by atoms with Crippen molar-refractivity contribution < 1.29 is 4.79 Å². The SMILES string of the molecule is CN(C)c1ncc(Br)cc1C(=O)N(C)C1CCNC1. The standard InChI is InChI=1S/C13H19BrN4O/c1-17(2)12-11(6-9(14)7-16-12)13(19)18(3)10-4-5-15-8-10/h6-7,10,15H,4-5,8H2,1-3H3. The van der Waals surface area contributed by atoms with Crippen LogP contribution in [0.2, 0.25) is 0 Å². The number of anilines is 1. The fraction of sp³-hybridized carbons (Fsp3) is 0.538. The van der Waals surface area contributed by atoms with Crippen molar-refractivity contribution >= 4 is 27.7 Å². The zero-order chi connectivity index (χ0) is 14.0. The number of aromatic nitrogens is 1. The van der Waals surface area contributed by atoms with Crippen LogP contribution in [0.4, 0.5) is 5.82 Å². The Bertz CT molecular complexity index is 472. The van der Waals surface area contributed by atoms with E-state index < -0.39 is 0 Å². The minimum Gasteiger partial charge on any atom is -0.362 e. The normalized spacial score (nSPS) is 18.4. The van der Waals surface area contributed by atoms with Crippen LogP contribution < -0.4 is 10.2 Å². The molecule has 1 saturated heterocycles. The number of hydrogen-bond acceptors (Lipinski definition) is 4. The van der Waals surface area contributed by atoms with Gasteiger partial charge in [-0.3, -0.25) is 4.79 Å². The molecule has 0 aromatic carbocycles. The molecule has 1 aromatic heterocycles. The number of hydrogen-bond donors (Lipinski definition) is 1. The Labute approximate surface area is 122 Å². The van der Waals surface area contributed by atoms with Gasteiger partial charge in [0.15, 0.2) is 0 Å². The number of carbonyl (C=O) groups excluding carboxylic acids is 1. The lowest BCUT2D eigenvalue weighted by Gasteiger charge is -2.25. The van der Waals surface area contributed by atoms with E-state index in [-0.39, 0.29) is 11.9 Å². The summed E-state index contributed by atoms with van der Waals surface area (Å²) in [7, 11) is 5.65. The Balaban J connectivity index is 2.29. The molecule has 5 nitrogen and oxygen atoms in total. The molecule has 0 saturated carbocycles. The van der Waals surface area contributed by atoms with Gasteiger partial charge >= 0.3 is 0 Å². The number of carbonyl (C=O) groups is 1. The number of likely N-dealkylation sites (N-methyl/N-ethyl adjacent to an activating group) is 1. The lowest BCUT2D eigenvalue weighted by Crippen LogP contribution is -2.39. The van der Waals surface area contributed by atoms with E-state index in [1.54, 1.807) is 6.20 Å². The third kappa shape index (κ3) is 3.06. The third-order valence-electron chi connectivity index (χ3n) is 3.39. The first-order valence-electron chi connectivity index (χ1n) is 6.31. The van der Waals surface area contributed by atoms with Crippen LogP contribution in [0.5, 0.6) is 0 Å². The van der Waals surface area contributed by atoms with Gasteiger partial charge in [-0.15, -0.1) is 0 Å². The van der Waals surface area contributed by atoms with Gasteiger partial charge in [0, 0.05) is 44.4 Å². The Morgan fingerprint density at radius 2 is 2.21 bits per heavy atom. The van der Waals surface area contributed by atoms with E-state index in [2.05, 4.69) is 26.2 Å². The predicted molar refractivity (Wildman–Crippen MR) is 79.6 cm³/mol. The number of halogens is 1. The average Bonchev–Trinajstić information content (AvgIpc) is 2.90. The van der Waals surface area contributed by atoms with Crippen LogP contribution in [0.15, 0.2) is 16.7 Å². The van der Waals surface area contributed by atoms with Gasteiger partial charge in [-0.05, 0) is 35.0 Å². The molecule has 19 heavy (non-hydrogen) atoms. The van der Waals surface area contributed by atoms with Crippen molar-refractivity contribution in [2.75, 3.05) is 39.1 Å². The lowest BCUT2D eigenvalue weighted by atomic mass is 10.1. The zero-order valence-electron chi connectivity index (χ0n) is 11.5. The van der Waals surface area contributed by atoms with Crippen LogP contribution >= 0.6 is 15.9 Å². The van der Waals surface area contributed by atoms with Crippen molar-refractivity contribution in [3.05, 3.63) is 22.3 Å². The van der Waals surface area contributed by atoms with Crippen LogP contribution in [-0.4, -0.2) is 56.1 Å². The van der Waals surface area contributed by atoms with Gasteiger partial charge in [0.2, 0.25) is 0 Å². The quantitative estimate of drug-likeness (QED) is 0.910. The molecule has 0 spiro atoms. The third-order valence-corrected chi connectivity index (χ3v) is 3.82. The van der Waals surface area contributed by atoms with Gasteiger partial charge in [-0.1, -0.05) is 0 Å². The van der Waals surface area contributed by atoms with Crippen molar-refractivity contribution in [1.29, 1.82) is 0 Å². The molecule has 1 aliphatic heterocycles. The van der Waals surface area contributed by atoms with E-state index >= 15 is 0 Å². The second-order valence-corrected chi connectivity index (χ2v) is 5.90. The van der Waals surface area contributed by atoms with E-state index in [0.717, 1.165) is 24.0 Å². The summed E-state index contributed by atoms with van der Waals surface area (Å²) in [6.07, 6.45) is 2.71. The van der Waals surface area contributed by atoms with Gasteiger partial charge in [-0.25, -0.2) is 4.98 Å². The number of amides is 1. The summed E-state index contributed by atoms with van der Waals surface area (Å²) in [4.78, 5) is 20.6. The zero-order valence-corrected chi connectivity index (χ0v) is 13.1. The molecule has 2 heterocycles. The van der Waals surface area contributed by atoms with Crippen molar-refractivity contribution in [1.82, 2.24) is 15.2 Å². The Kier molecular flexibility index (Phi) is 4.42. The maximum absolute atomic E-state index is 12.6. The molecule has 1 atom stereocenters. The Morgan fingerprint density at radius 3 is 2.79 bits per heavy atom. The van der Waals surface area contributed by atoms with Crippen LogP contribution in [0, 0.1) is 0 Å². The van der Waals surface area contributed by atoms with E-state index in [4.69, 9.17) is 0 Å². The molecule has 2 rings (SSSR count). The van der Waals surface area contributed by atoms with Gasteiger partial charge < -0.3 is 15.1 Å². The Morgan fingerprint density at radius 1 is 1.47 bits per heavy atom. The topological polar surface area (TPSA) is 48.5 Å². The summed E-state index contributed by atoms with van der Waals surface area (Å²) in [5, 5.41) is 3.28. The number of pyridine rings is 1. The highest BCUT2D eigenvalue weighted by molar-refractivity contribution is 9.10. The highest BCUT2D eigenvalue weighted by Gasteiger charge is 2.26. The molecule has 0 radical (unpaired) electrons. The summed E-state index contributed by atoms with van der Waals surface area (Å²) >= 11 is 3.38. The largest absolute Gasteiger partial charge is 0.362 e. The molecule has 1 aromatic rings. The summed E-state index contributed by atoms with van der Waals surface area (Å²) in [6.45, 7) is 1.83. The maximum Gasteiger partial charge on any atom is 0.257 e. The molecule has 1 unspecified atom stereocenters. The van der Waals surface area contributed by atoms with Crippen molar-refractivity contribution in [2.45, 2.75) is 12.5 Å². The summed E-state index contributed by atoms with van der Waals surface area (Å²) in [6, 6.07) is 2.10. The van der Waals surface area contributed by atoms with Gasteiger partial charge in [0.1, 0.15) is 5.82 Å². The van der Waals surface area contributed by atoms with E-state index in [0.29, 0.717) is 11.4 Å².